The van der Waals surface area contributed by atoms with E-state index in [2.05, 4.69) is 47.2 Å². The summed E-state index contributed by atoms with van der Waals surface area (Å²) in [4.78, 5) is 12.0. The van der Waals surface area contributed by atoms with Crippen LogP contribution in [0.25, 0.3) is 0 Å². The third-order valence-electron chi connectivity index (χ3n) is 3.29. The summed E-state index contributed by atoms with van der Waals surface area (Å²) in [6.07, 6.45) is 1.62. The van der Waals surface area contributed by atoms with Crippen molar-refractivity contribution in [2.24, 2.45) is 5.10 Å². The van der Waals surface area contributed by atoms with Gasteiger partial charge in [-0.3, -0.25) is 4.79 Å². The zero-order chi connectivity index (χ0) is 16.2. The zero-order valence-electron chi connectivity index (χ0n) is 12.9. The summed E-state index contributed by atoms with van der Waals surface area (Å²) in [5.74, 6) is -0.219. The van der Waals surface area contributed by atoms with Crippen molar-refractivity contribution >= 4 is 28.1 Å². The standard InChI is InChI=1S/C18H19BrN2O/c1-18(2,3)15-10-8-13(9-11-15)17(22)21-20-12-14-6-4-5-7-16(14)19/h4-12H,1-3H3,(H,21,22). The summed E-state index contributed by atoms with van der Waals surface area (Å²) >= 11 is 3.43. The van der Waals surface area contributed by atoms with Crippen molar-refractivity contribution in [1.82, 2.24) is 5.43 Å². The number of rotatable bonds is 3. The van der Waals surface area contributed by atoms with Crippen molar-refractivity contribution in [3.8, 4) is 0 Å². The van der Waals surface area contributed by atoms with Gasteiger partial charge >= 0.3 is 0 Å². The molecule has 0 unspecified atom stereocenters. The molecule has 0 aromatic heterocycles. The number of nitrogens with one attached hydrogen (secondary N) is 1. The van der Waals surface area contributed by atoms with Crippen LogP contribution >= 0.6 is 15.9 Å². The molecule has 2 aromatic rings. The van der Waals surface area contributed by atoms with E-state index in [1.54, 1.807) is 6.21 Å². The molecule has 0 atom stereocenters. The van der Waals surface area contributed by atoms with Crippen molar-refractivity contribution in [3.05, 3.63) is 69.7 Å². The van der Waals surface area contributed by atoms with Crippen LogP contribution in [-0.4, -0.2) is 12.1 Å². The summed E-state index contributed by atoms with van der Waals surface area (Å²) in [6, 6.07) is 15.3. The molecule has 0 saturated carbocycles. The average molecular weight is 359 g/mol. The summed E-state index contributed by atoms with van der Waals surface area (Å²) in [5, 5.41) is 4.00. The van der Waals surface area contributed by atoms with Gasteiger partial charge in [-0.15, -0.1) is 0 Å². The molecule has 114 valence electrons. The minimum absolute atomic E-state index is 0.0761. The number of benzene rings is 2. The van der Waals surface area contributed by atoms with Crippen LogP contribution in [0.4, 0.5) is 0 Å². The Balaban J connectivity index is 2.02. The first-order valence-corrected chi connectivity index (χ1v) is 7.86. The van der Waals surface area contributed by atoms with Crippen molar-refractivity contribution in [3.63, 3.8) is 0 Å². The molecule has 0 aliphatic heterocycles. The van der Waals surface area contributed by atoms with E-state index < -0.39 is 0 Å². The van der Waals surface area contributed by atoms with Crippen LogP contribution in [0.15, 0.2) is 58.1 Å². The van der Waals surface area contributed by atoms with Crippen LogP contribution in [0.1, 0.15) is 42.3 Å². The molecule has 0 aliphatic carbocycles. The van der Waals surface area contributed by atoms with E-state index in [0.717, 1.165) is 10.0 Å². The van der Waals surface area contributed by atoms with Gasteiger partial charge in [0, 0.05) is 15.6 Å². The Labute approximate surface area is 139 Å². The topological polar surface area (TPSA) is 41.5 Å². The number of carbonyl (C=O) groups is 1. The lowest BCUT2D eigenvalue weighted by atomic mass is 9.87. The Morgan fingerprint density at radius 2 is 1.73 bits per heavy atom. The van der Waals surface area contributed by atoms with Gasteiger partial charge in [0.25, 0.3) is 5.91 Å². The largest absolute Gasteiger partial charge is 0.271 e. The van der Waals surface area contributed by atoms with Crippen molar-refractivity contribution in [1.29, 1.82) is 0 Å². The van der Waals surface area contributed by atoms with Crippen LogP contribution in [-0.2, 0) is 5.41 Å². The quantitative estimate of drug-likeness (QED) is 0.636. The van der Waals surface area contributed by atoms with Crippen LogP contribution in [0.5, 0.6) is 0 Å². The number of amides is 1. The van der Waals surface area contributed by atoms with E-state index >= 15 is 0 Å². The molecule has 0 aliphatic rings. The second-order valence-corrected chi connectivity index (χ2v) is 6.90. The molecule has 4 heteroatoms. The van der Waals surface area contributed by atoms with Crippen molar-refractivity contribution in [2.45, 2.75) is 26.2 Å². The minimum atomic E-state index is -0.219. The van der Waals surface area contributed by atoms with E-state index in [0.29, 0.717) is 5.56 Å². The molecule has 3 nitrogen and oxygen atoms in total. The van der Waals surface area contributed by atoms with E-state index in [9.17, 15) is 4.79 Å². The Morgan fingerprint density at radius 1 is 1.09 bits per heavy atom. The Hall–Kier alpha value is -1.94. The fourth-order valence-corrected chi connectivity index (χ4v) is 2.31. The van der Waals surface area contributed by atoms with Crippen LogP contribution < -0.4 is 5.43 Å². The molecule has 0 radical (unpaired) electrons. The summed E-state index contributed by atoms with van der Waals surface area (Å²) in [7, 11) is 0. The van der Waals surface area contributed by atoms with Gasteiger partial charge in [-0.1, -0.05) is 67.0 Å². The van der Waals surface area contributed by atoms with Crippen molar-refractivity contribution in [2.75, 3.05) is 0 Å². The SMILES string of the molecule is CC(C)(C)c1ccc(C(=O)NN=Cc2ccccc2Br)cc1. The molecular formula is C18H19BrN2O. The van der Waals surface area contributed by atoms with Crippen LogP contribution in [0.3, 0.4) is 0 Å². The molecule has 0 heterocycles. The lowest BCUT2D eigenvalue weighted by Crippen LogP contribution is -2.18. The fourth-order valence-electron chi connectivity index (χ4n) is 1.93. The van der Waals surface area contributed by atoms with E-state index in [1.165, 1.54) is 5.56 Å². The maximum atomic E-state index is 12.0. The molecule has 0 saturated heterocycles. The molecule has 0 fully saturated rings. The highest BCUT2D eigenvalue weighted by molar-refractivity contribution is 9.10. The molecular weight excluding hydrogens is 340 g/mol. The van der Waals surface area contributed by atoms with Gasteiger partial charge in [-0.05, 0) is 29.2 Å². The van der Waals surface area contributed by atoms with Gasteiger partial charge in [-0.25, -0.2) is 5.43 Å². The monoisotopic (exact) mass is 358 g/mol. The third-order valence-corrected chi connectivity index (χ3v) is 4.01. The number of halogens is 1. The molecule has 0 bridgehead atoms. The van der Waals surface area contributed by atoms with Gasteiger partial charge < -0.3 is 0 Å². The van der Waals surface area contributed by atoms with Crippen LogP contribution in [0, 0.1) is 0 Å². The molecule has 1 N–H and O–H groups in total. The van der Waals surface area contributed by atoms with Crippen molar-refractivity contribution < 1.29 is 4.79 Å². The van der Waals surface area contributed by atoms with Gasteiger partial charge in [0.1, 0.15) is 0 Å². The molecule has 2 aromatic carbocycles. The highest BCUT2D eigenvalue weighted by Gasteiger charge is 2.14. The Bertz CT molecular complexity index is 685. The maximum Gasteiger partial charge on any atom is 0.271 e. The summed E-state index contributed by atoms with van der Waals surface area (Å²) in [5.41, 5.74) is 5.32. The zero-order valence-corrected chi connectivity index (χ0v) is 14.5. The average Bonchev–Trinajstić information content (AvgIpc) is 2.48. The van der Waals surface area contributed by atoms with Gasteiger partial charge in [0.05, 0.1) is 6.21 Å². The fraction of sp³-hybridized carbons (Fsp3) is 0.222. The predicted octanol–water partition coefficient (Wildman–Crippen LogP) is 4.51. The highest BCUT2D eigenvalue weighted by atomic mass is 79.9. The lowest BCUT2D eigenvalue weighted by molar-refractivity contribution is 0.0955. The summed E-state index contributed by atoms with van der Waals surface area (Å²) in [6.45, 7) is 6.43. The third kappa shape index (κ3) is 4.28. The number of hydrogen-bond acceptors (Lipinski definition) is 2. The van der Waals surface area contributed by atoms with Crippen LogP contribution in [0.2, 0.25) is 0 Å². The van der Waals surface area contributed by atoms with E-state index in [1.807, 2.05) is 48.5 Å². The number of nitrogens with zero attached hydrogens (tertiary/aromatic N) is 1. The second kappa shape index (κ2) is 6.88. The first kappa shape index (κ1) is 16.4. The molecule has 22 heavy (non-hydrogen) atoms. The summed E-state index contributed by atoms with van der Waals surface area (Å²) < 4.78 is 0.933. The van der Waals surface area contributed by atoms with Gasteiger partial charge in [-0.2, -0.15) is 5.10 Å². The Morgan fingerprint density at radius 3 is 2.32 bits per heavy atom. The number of hydrogen-bond donors (Lipinski definition) is 1. The minimum Gasteiger partial charge on any atom is -0.267 e. The van der Waals surface area contributed by atoms with Gasteiger partial charge in [0.2, 0.25) is 0 Å². The van der Waals surface area contributed by atoms with E-state index in [4.69, 9.17) is 0 Å². The smallest absolute Gasteiger partial charge is 0.267 e. The lowest BCUT2D eigenvalue weighted by Gasteiger charge is -2.18. The first-order valence-electron chi connectivity index (χ1n) is 7.06. The predicted molar refractivity (Wildman–Crippen MR) is 94.3 cm³/mol. The molecule has 2 rings (SSSR count). The maximum absolute atomic E-state index is 12.0. The number of carbonyl (C=O) groups excluding carboxylic acids is 1. The molecule has 0 spiro atoms. The number of hydrazone groups is 1. The molecule has 1 amide bonds. The second-order valence-electron chi connectivity index (χ2n) is 6.05. The first-order chi connectivity index (χ1) is 10.4. The van der Waals surface area contributed by atoms with Gasteiger partial charge in [0.15, 0.2) is 0 Å². The normalized spacial score (nSPS) is 11.6. The Kier molecular flexibility index (Phi) is 5.14. The highest BCUT2D eigenvalue weighted by Crippen LogP contribution is 2.22. The van der Waals surface area contributed by atoms with E-state index in [-0.39, 0.29) is 11.3 Å².